The second-order valence-corrected chi connectivity index (χ2v) is 4.55. The van der Waals surface area contributed by atoms with Crippen LogP contribution in [-0.4, -0.2) is 17.4 Å². The molecule has 2 rings (SSSR count). The highest BCUT2D eigenvalue weighted by Crippen LogP contribution is 2.21. The Bertz CT molecular complexity index is 701. The number of hydrogen-bond acceptors (Lipinski definition) is 4. The van der Waals surface area contributed by atoms with Crippen LogP contribution >= 0.6 is 0 Å². The van der Waals surface area contributed by atoms with E-state index < -0.39 is 16.6 Å². The number of carbonyl (C=O) groups is 1. The Kier molecular flexibility index (Phi) is 4.67. The number of rotatable bonds is 5. The van der Waals surface area contributed by atoms with E-state index in [4.69, 9.17) is 4.74 Å². The number of anilines is 1. The van der Waals surface area contributed by atoms with Crippen LogP contribution in [0.25, 0.3) is 0 Å². The van der Waals surface area contributed by atoms with E-state index in [0.717, 1.165) is 0 Å². The number of hydrogen-bond donors (Lipinski definition) is 1. The smallest absolute Gasteiger partial charge is 0.271 e. The van der Waals surface area contributed by atoms with Crippen molar-refractivity contribution in [2.45, 2.75) is 6.92 Å². The molecule has 0 atom stereocenters. The Morgan fingerprint density at radius 3 is 2.59 bits per heavy atom. The first kappa shape index (κ1) is 15.4. The van der Waals surface area contributed by atoms with E-state index >= 15 is 0 Å². The molecule has 0 aliphatic carbocycles. The van der Waals surface area contributed by atoms with Gasteiger partial charge in [-0.15, -0.1) is 0 Å². The van der Waals surface area contributed by atoms with E-state index in [1.807, 2.05) is 0 Å². The summed E-state index contributed by atoms with van der Waals surface area (Å²) in [6, 6.07) is 9.44. The SMILES string of the molecule is Cc1ccc([N+](=O)[O-])cc1NC(=O)COc1ccc(F)cc1. The lowest BCUT2D eigenvalue weighted by molar-refractivity contribution is -0.384. The van der Waals surface area contributed by atoms with Gasteiger partial charge in [-0.3, -0.25) is 14.9 Å². The molecule has 2 aromatic carbocycles. The first-order chi connectivity index (χ1) is 10.5. The van der Waals surface area contributed by atoms with Crippen LogP contribution < -0.4 is 10.1 Å². The number of nitro groups is 1. The molecule has 7 heteroatoms. The molecule has 1 amide bonds. The molecule has 1 N–H and O–H groups in total. The molecule has 0 saturated heterocycles. The average Bonchev–Trinajstić information content (AvgIpc) is 2.48. The zero-order valence-electron chi connectivity index (χ0n) is 11.7. The summed E-state index contributed by atoms with van der Waals surface area (Å²) < 4.78 is 17.9. The molecule has 114 valence electrons. The standard InChI is InChI=1S/C15H13FN2O4/c1-10-2-5-12(18(20)21)8-14(10)17-15(19)9-22-13-6-3-11(16)4-7-13/h2-8H,9H2,1H3,(H,17,19). The number of aryl methyl sites for hydroxylation is 1. The van der Waals surface area contributed by atoms with Gasteiger partial charge in [-0.2, -0.15) is 0 Å². The quantitative estimate of drug-likeness (QED) is 0.680. The third kappa shape index (κ3) is 4.02. The van der Waals surface area contributed by atoms with Gasteiger partial charge in [0.05, 0.1) is 10.6 Å². The predicted molar refractivity (Wildman–Crippen MR) is 78.4 cm³/mol. The lowest BCUT2D eigenvalue weighted by Gasteiger charge is -2.09. The van der Waals surface area contributed by atoms with Crippen molar-refractivity contribution in [3.05, 3.63) is 64.0 Å². The number of ether oxygens (including phenoxy) is 1. The maximum Gasteiger partial charge on any atom is 0.271 e. The third-order valence-electron chi connectivity index (χ3n) is 2.89. The van der Waals surface area contributed by atoms with Gasteiger partial charge >= 0.3 is 0 Å². The van der Waals surface area contributed by atoms with Gasteiger partial charge in [-0.05, 0) is 36.8 Å². The fourth-order valence-corrected chi connectivity index (χ4v) is 1.72. The molecule has 0 saturated carbocycles. The molecule has 0 aliphatic heterocycles. The molecule has 0 aliphatic rings. The van der Waals surface area contributed by atoms with Gasteiger partial charge in [-0.1, -0.05) is 6.07 Å². The Morgan fingerprint density at radius 2 is 1.95 bits per heavy atom. The molecule has 0 spiro atoms. The summed E-state index contributed by atoms with van der Waals surface area (Å²) in [5.74, 6) is -0.510. The summed E-state index contributed by atoms with van der Waals surface area (Å²) in [4.78, 5) is 22.0. The highest BCUT2D eigenvalue weighted by molar-refractivity contribution is 5.93. The molecule has 0 bridgehead atoms. The van der Waals surface area contributed by atoms with Crippen molar-refractivity contribution in [2.24, 2.45) is 0 Å². The minimum Gasteiger partial charge on any atom is -0.484 e. The van der Waals surface area contributed by atoms with Gasteiger partial charge in [0.1, 0.15) is 11.6 Å². The topological polar surface area (TPSA) is 81.5 Å². The van der Waals surface area contributed by atoms with Crippen molar-refractivity contribution in [3.8, 4) is 5.75 Å². The summed E-state index contributed by atoms with van der Waals surface area (Å²) in [5.41, 5.74) is 0.933. The van der Waals surface area contributed by atoms with Crippen LogP contribution in [-0.2, 0) is 4.79 Å². The average molecular weight is 304 g/mol. The molecule has 0 radical (unpaired) electrons. The second kappa shape index (κ2) is 6.66. The van der Waals surface area contributed by atoms with Crippen LogP contribution in [0.1, 0.15) is 5.56 Å². The minimum absolute atomic E-state index is 0.111. The van der Waals surface area contributed by atoms with Crippen molar-refractivity contribution in [1.29, 1.82) is 0 Å². The van der Waals surface area contributed by atoms with E-state index in [1.165, 1.54) is 36.4 Å². The molecular formula is C15H13FN2O4. The highest BCUT2D eigenvalue weighted by Gasteiger charge is 2.11. The minimum atomic E-state index is -0.538. The number of halogens is 1. The van der Waals surface area contributed by atoms with Crippen molar-refractivity contribution in [3.63, 3.8) is 0 Å². The second-order valence-electron chi connectivity index (χ2n) is 4.55. The Hall–Kier alpha value is -2.96. The molecule has 0 unspecified atom stereocenters. The maximum absolute atomic E-state index is 12.7. The molecule has 2 aromatic rings. The van der Waals surface area contributed by atoms with Crippen LogP contribution in [0.15, 0.2) is 42.5 Å². The van der Waals surface area contributed by atoms with Crippen molar-refractivity contribution < 1.29 is 18.8 Å². The highest BCUT2D eigenvalue weighted by atomic mass is 19.1. The van der Waals surface area contributed by atoms with Gasteiger partial charge in [0.15, 0.2) is 6.61 Å². The number of nitrogens with zero attached hydrogens (tertiary/aromatic N) is 1. The van der Waals surface area contributed by atoms with Crippen LogP contribution in [0.4, 0.5) is 15.8 Å². The molecule has 0 aromatic heterocycles. The van der Waals surface area contributed by atoms with E-state index in [1.54, 1.807) is 13.0 Å². The molecule has 0 fully saturated rings. The van der Waals surface area contributed by atoms with E-state index in [-0.39, 0.29) is 12.3 Å². The predicted octanol–water partition coefficient (Wildman–Crippen LogP) is 3.06. The molecule has 22 heavy (non-hydrogen) atoms. The number of nitrogens with one attached hydrogen (secondary N) is 1. The van der Waals surface area contributed by atoms with E-state index in [9.17, 15) is 19.3 Å². The van der Waals surface area contributed by atoms with Gasteiger partial charge in [-0.25, -0.2) is 4.39 Å². The molecule has 0 heterocycles. The van der Waals surface area contributed by atoms with Crippen LogP contribution in [0.5, 0.6) is 5.75 Å². The lowest BCUT2D eigenvalue weighted by Crippen LogP contribution is -2.20. The number of carbonyl (C=O) groups excluding carboxylic acids is 1. The normalized spacial score (nSPS) is 10.1. The summed E-state index contributed by atoms with van der Waals surface area (Å²) in [5, 5.41) is 13.3. The lowest BCUT2D eigenvalue weighted by atomic mass is 10.2. The summed E-state index contributed by atoms with van der Waals surface area (Å²) in [7, 11) is 0. The summed E-state index contributed by atoms with van der Waals surface area (Å²) in [6.07, 6.45) is 0. The van der Waals surface area contributed by atoms with Crippen molar-refractivity contribution in [1.82, 2.24) is 0 Å². The van der Waals surface area contributed by atoms with Crippen LogP contribution in [0.3, 0.4) is 0 Å². The van der Waals surface area contributed by atoms with Gasteiger partial charge < -0.3 is 10.1 Å². The van der Waals surface area contributed by atoms with E-state index in [0.29, 0.717) is 17.0 Å². The monoisotopic (exact) mass is 304 g/mol. The number of benzene rings is 2. The number of nitro benzene ring substituents is 1. The van der Waals surface area contributed by atoms with Crippen LogP contribution in [0.2, 0.25) is 0 Å². The summed E-state index contributed by atoms with van der Waals surface area (Å²) in [6.45, 7) is 1.44. The van der Waals surface area contributed by atoms with Crippen LogP contribution in [0, 0.1) is 22.9 Å². The Labute approximate surface area is 125 Å². The zero-order chi connectivity index (χ0) is 16.1. The van der Waals surface area contributed by atoms with Gasteiger partial charge in [0.2, 0.25) is 0 Å². The fourth-order valence-electron chi connectivity index (χ4n) is 1.72. The van der Waals surface area contributed by atoms with Gasteiger partial charge in [0.25, 0.3) is 11.6 Å². The third-order valence-corrected chi connectivity index (χ3v) is 2.89. The zero-order valence-corrected chi connectivity index (χ0v) is 11.7. The fraction of sp³-hybridized carbons (Fsp3) is 0.133. The van der Waals surface area contributed by atoms with Gasteiger partial charge in [0, 0.05) is 12.1 Å². The first-order valence-electron chi connectivity index (χ1n) is 6.39. The Balaban J connectivity index is 1.98. The molecule has 6 nitrogen and oxygen atoms in total. The largest absolute Gasteiger partial charge is 0.484 e. The number of non-ortho nitro benzene ring substituents is 1. The summed E-state index contributed by atoms with van der Waals surface area (Å²) >= 11 is 0. The maximum atomic E-state index is 12.7. The van der Waals surface area contributed by atoms with Crippen molar-refractivity contribution in [2.75, 3.05) is 11.9 Å². The first-order valence-corrected chi connectivity index (χ1v) is 6.39. The Morgan fingerprint density at radius 1 is 1.27 bits per heavy atom. The number of amides is 1. The molecular weight excluding hydrogens is 291 g/mol. The van der Waals surface area contributed by atoms with Crippen molar-refractivity contribution >= 4 is 17.3 Å². The van der Waals surface area contributed by atoms with E-state index in [2.05, 4.69) is 5.32 Å².